The summed E-state index contributed by atoms with van der Waals surface area (Å²) in [4.78, 5) is 0. The Morgan fingerprint density at radius 2 is 1.23 bits per heavy atom. The number of halogens is 3. The minimum atomic E-state index is -1.36. The van der Waals surface area contributed by atoms with Crippen LogP contribution in [0.15, 0.2) is 77.0 Å². The van der Waals surface area contributed by atoms with Crippen LogP contribution in [0, 0.1) is 12.0 Å². The van der Waals surface area contributed by atoms with E-state index in [-0.39, 0.29) is 58.9 Å². The maximum absolute atomic E-state index is 3.80. The number of hydrogen-bond donors (Lipinski definition) is 0. The minimum Gasteiger partial charge on any atom is -1.00 e. The van der Waals surface area contributed by atoms with Gasteiger partial charge in [0, 0.05) is 0 Å². The normalized spacial score (nSPS) is 12.6. The van der Waals surface area contributed by atoms with Crippen molar-refractivity contribution in [3.63, 3.8) is 0 Å². The molecule has 0 saturated heterocycles. The van der Waals surface area contributed by atoms with Crippen LogP contribution in [0.4, 0.5) is 0 Å². The first-order valence-corrected chi connectivity index (χ1v) is 9.82. The first-order chi connectivity index (χ1) is 10.7. The Morgan fingerprint density at radius 3 is 1.58 bits per heavy atom. The average molecular weight is 458 g/mol. The molecule has 3 rings (SSSR count). The monoisotopic (exact) mass is 456 g/mol. The van der Waals surface area contributed by atoms with Crippen molar-refractivity contribution >= 4 is 19.2 Å². The van der Waals surface area contributed by atoms with Crippen LogP contribution in [-0.2, 0) is 21.7 Å². The van der Waals surface area contributed by atoms with Gasteiger partial charge in [0.2, 0.25) is 0 Å². The number of allylic oxidation sites excluding steroid dienone is 4. The van der Waals surface area contributed by atoms with Gasteiger partial charge in [-0.25, -0.2) is 11.1 Å². The summed E-state index contributed by atoms with van der Waals surface area (Å²) in [5.41, 5.74) is 2.94. The van der Waals surface area contributed by atoms with E-state index in [1.54, 1.807) is 5.20 Å². The number of hydrogen-bond acceptors (Lipinski definition) is 0. The molecular formula is C21H23Cl3SiTi. The van der Waals surface area contributed by atoms with Crippen molar-refractivity contribution in [1.82, 2.24) is 0 Å². The zero-order valence-electron chi connectivity index (χ0n) is 15.3. The summed E-state index contributed by atoms with van der Waals surface area (Å²) in [7, 11) is -1.36. The third kappa shape index (κ3) is 6.41. The van der Waals surface area contributed by atoms with Crippen LogP contribution in [0.1, 0.15) is 27.2 Å². The van der Waals surface area contributed by atoms with Gasteiger partial charge in [0.05, 0.1) is 0 Å². The van der Waals surface area contributed by atoms with Crippen LogP contribution in [-0.4, -0.2) is 8.80 Å². The summed E-state index contributed by atoms with van der Waals surface area (Å²) in [5, 5.41) is 4.53. The first kappa shape index (κ1) is 27.9. The largest absolute Gasteiger partial charge is 4.00 e. The van der Waals surface area contributed by atoms with Gasteiger partial charge in [0.1, 0.15) is 8.80 Å². The molecule has 0 bridgehead atoms. The number of rotatable bonds is 4. The molecule has 0 amide bonds. The second-order valence-electron chi connectivity index (χ2n) is 6.43. The minimum absolute atomic E-state index is 0. The SMILES string of the molecule is CC1=C(C(C)C)[C-]=C([SiH](c2ccccc2)c2ccccc2)C1.[Cl-].[Cl-].[Cl-].[Ti+4]. The molecule has 2 aromatic rings. The van der Waals surface area contributed by atoms with Crippen LogP contribution in [0.2, 0.25) is 0 Å². The van der Waals surface area contributed by atoms with E-state index in [9.17, 15) is 0 Å². The van der Waals surface area contributed by atoms with Crippen molar-refractivity contribution in [2.24, 2.45) is 5.92 Å². The predicted octanol–water partition coefficient (Wildman–Crippen LogP) is -5.32. The molecule has 26 heavy (non-hydrogen) atoms. The first-order valence-electron chi connectivity index (χ1n) is 8.09. The molecule has 0 spiro atoms. The molecule has 2 aromatic carbocycles. The molecule has 1 aliphatic carbocycles. The summed E-state index contributed by atoms with van der Waals surface area (Å²) in [6.07, 6.45) is 4.90. The molecule has 0 atom stereocenters. The van der Waals surface area contributed by atoms with Crippen molar-refractivity contribution < 1.29 is 58.9 Å². The van der Waals surface area contributed by atoms with Crippen molar-refractivity contribution in [3.05, 3.63) is 83.1 Å². The standard InChI is InChI=1S/C21H23Si.3ClH.Ti/c1-16(2)21-15-20(14-17(21)3)22(18-10-6-4-7-11-18)19-12-8-5-9-13-19;;;;/h4-13,16,22H,14H2,1-3H3;3*1H;/q-1;;;;+4/p-3. The smallest absolute Gasteiger partial charge is 1.00 e. The molecule has 0 heterocycles. The fourth-order valence-corrected chi connectivity index (χ4v) is 6.62. The molecule has 0 saturated carbocycles. The van der Waals surface area contributed by atoms with Crippen LogP contribution < -0.4 is 47.6 Å². The van der Waals surface area contributed by atoms with E-state index >= 15 is 0 Å². The second-order valence-corrected chi connectivity index (χ2v) is 9.33. The molecule has 136 valence electrons. The maximum Gasteiger partial charge on any atom is 4.00 e. The molecule has 0 unspecified atom stereocenters. The van der Waals surface area contributed by atoms with E-state index in [4.69, 9.17) is 0 Å². The Balaban J connectivity index is 0. The van der Waals surface area contributed by atoms with Crippen LogP contribution in [0.25, 0.3) is 0 Å². The topological polar surface area (TPSA) is 0 Å². The maximum atomic E-state index is 3.80. The Labute approximate surface area is 193 Å². The van der Waals surface area contributed by atoms with Crippen LogP contribution in [0.5, 0.6) is 0 Å². The molecule has 5 heteroatoms. The van der Waals surface area contributed by atoms with E-state index < -0.39 is 8.80 Å². The van der Waals surface area contributed by atoms with Gasteiger partial charge >= 0.3 is 21.7 Å². The zero-order chi connectivity index (χ0) is 15.5. The molecule has 1 aliphatic rings. The van der Waals surface area contributed by atoms with Gasteiger partial charge in [0.15, 0.2) is 0 Å². The van der Waals surface area contributed by atoms with Gasteiger partial charge < -0.3 is 37.2 Å². The van der Waals surface area contributed by atoms with Gasteiger partial charge in [-0.3, -0.25) is 6.08 Å². The van der Waals surface area contributed by atoms with Crippen molar-refractivity contribution in [2.75, 3.05) is 0 Å². The van der Waals surface area contributed by atoms with E-state index in [0.717, 1.165) is 6.42 Å². The second kappa shape index (κ2) is 13.0. The molecule has 0 radical (unpaired) electrons. The Kier molecular flexibility index (Phi) is 14.0. The van der Waals surface area contributed by atoms with Crippen molar-refractivity contribution in [2.45, 2.75) is 27.2 Å². The zero-order valence-corrected chi connectivity index (χ0v) is 20.3. The fourth-order valence-electron chi connectivity index (χ4n) is 3.40. The van der Waals surface area contributed by atoms with Gasteiger partial charge in [0.25, 0.3) is 0 Å². The molecule has 0 fully saturated rings. The third-order valence-corrected chi connectivity index (χ3v) is 7.55. The van der Waals surface area contributed by atoms with Gasteiger partial charge in [-0.15, -0.1) is 6.92 Å². The molecule has 0 N–H and O–H groups in total. The summed E-state index contributed by atoms with van der Waals surface area (Å²) in [6.45, 7) is 6.82. The Morgan fingerprint density at radius 1 is 0.808 bits per heavy atom. The van der Waals surface area contributed by atoms with Crippen LogP contribution in [0.3, 0.4) is 0 Å². The summed E-state index contributed by atoms with van der Waals surface area (Å²) in [5.74, 6) is 0.568. The third-order valence-electron chi connectivity index (χ3n) is 4.40. The van der Waals surface area contributed by atoms with E-state index in [2.05, 4.69) is 87.5 Å². The predicted molar refractivity (Wildman–Crippen MR) is 98.2 cm³/mol. The quantitative estimate of drug-likeness (QED) is 0.318. The molecular weight excluding hydrogens is 435 g/mol. The average Bonchev–Trinajstić information content (AvgIpc) is 2.91. The fraction of sp³-hybridized carbons (Fsp3) is 0.238. The number of benzene rings is 2. The van der Waals surface area contributed by atoms with Crippen molar-refractivity contribution in [3.8, 4) is 0 Å². The van der Waals surface area contributed by atoms with E-state index in [1.165, 1.54) is 21.5 Å². The van der Waals surface area contributed by atoms with E-state index in [0.29, 0.717) is 5.92 Å². The summed E-state index contributed by atoms with van der Waals surface area (Å²) in [6, 6.07) is 22.0. The summed E-state index contributed by atoms with van der Waals surface area (Å²) < 4.78 is 0. The van der Waals surface area contributed by atoms with Gasteiger partial charge in [-0.1, -0.05) is 97.2 Å². The van der Waals surface area contributed by atoms with Crippen molar-refractivity contribution in [1.29, 1.82) is 0 Å². The van der Waals surface area contributed by atoms with Gasteiger partial charge in [-0.2, -0.15) is 5.20 Å². The van der Waals surface area contributed by atoms with Crippen LogP contribution >= 0.6 is 0 Å². The Hall–Kier alpha value is -0.279. The summed E-state index contributed by atoms with van der Waals surface area (Å²) >= 11 is 0. The molecule has 0 aromatic heterocycles. The van der Waals surface area contributed by atoms with E-state index in [1.807, 2.05) is 0 Å². The van der Waals surface area contributed by atoms with Gasteiger partial charge in [-0.05, 0) is 0 Å². The molecule has 0 aliphatic heterocycles. The Bertz CT molecular complexity index is 673. The molecule has 0 nitrogen and oxygen atoms in total.